The fourth-order valence-corrected chi connectivity index (χ4v) is 1.50. The van der Waals surface area contributed by atoms with Gasteiger partial charge in [-0.1, -0.05) is 45.0 Å². The van der Waals surface area contributed by atoms with Crippen LogP contribution in [0.4, 0.5) is 0 Å². The smallest absolute Gasteiger partial charge is 0.225 e. The van der Waals surface area contributed by atoms with Crippen LogP contribution in [0.5, 0.6) is 0 Å². The van der Waals surface area contributed by atoms with E-state index in [0.29, 0.717) is 13.1 Å². The van der Waals surface area contributed by atoms with E-state index in [0.717, 1.165) is 17.5 Å². The van der Waals surface area contributed by atoms with E-state index < -0.39 is 0 Å². The van der Waals surface area contributed by atoms with Crippen molar-refractivity contribution in [2.45, 2.75) is 40.3 Å². The van der Waals surface area contributed by atoms with E-state index in [-0.39, 0.29) is 11.3 Å². The quantitative estimate of drug-likeness (QED) is 0.820. The molecule has 0 aliphatic rings. The molecular weight excluding hydrogens is 212 g/mol. The Hall–Kier alpha value is -1.35. The number of carbonyl (C=O) groups is 1. The Morgan fingerprint density at radius 1 is 1.29 bits per heavy atom. The number of rotatable bonds is 5. The van der Waals surface area contributed by atoms with E-state index in [4.69, 9.17) is 5.73 Å². The Labute approximate surface area is 103 Å². The van der Waals surface area contributed by atoms with Gasteiger partial charge in [0.15, 0.2) is 0 Å². The third-order valence-electron chi connectivity index (χ3n) is 3.28. The van der Waals surface area contributed by atoms with Crippen LogP contribution in [0.1, 0.15) is 38.3 Å². The number of nitrogens with one attached hydrogen (secondary N) is 1. The molecule has 3 N–H and O–H groups in total. The van der Waals surface area contributed by atoms with Crippen molar-refractivity contribution in [2.75, 3.05) is 0 Å². The maximum atomic E-state index is 11.9. The second-order valence-corrected chi connectivity index (χ2v) is 4.89. The maximum Gasteiger partial charge on any atom is 0.225 e. The molecule has 0 bridgehead atoms. The first-order chi connectivity index (χ1) is 8.01. The average Bonchev–Trinajstić information content (AvgIpc) is 2.36. The van der Waals surface area contributed by atoms with Gasteiger partial charge in [-0.25, -0.2) is 0 Å². The summed E-state index contributed by atoms with van der Waals surface area (Å²) in [6.45, 7) is 6.99. The summed E-state index contributed by atoms with van der Waals surface area (Å²) in [7, 11) is 0. The normalized spacial score (nSPS) is 11.3. The molecule has 0 atom stereocenters. The number of carbonyl (C=O) groups excluding carboxylic acids is 1. The average molecular weight is 234 g/mol. The lowest BCUT2D eigenvalue weighted by atomic mass is 9.89. The number of nitrogens with two attached hydrogens (primary N) is 1. The van der Waals surface area contributed by atoms with Crippen molar-refractivity contribution in [3.8, 4) is 0 Å². The van der Waals surface area contributed by atoms with Crippen molar-refractivity contribution in [3.05, 3.63) is 35.4 Å². The summed E-state index contributed by atoms with van der Waals surface area (Å²) >= 11 is 0. The molecule has 0 aromatic heterocycles. The first kappa shape index (κ1) is 13.7. The van der Waals surface area contributed by atoms with E-state index in [2.05, 4.69) is 5.32 Å². The van der Waals surface area contributed by atoms with Gasteiger partial charge in [0.1, 0.15) is 0 Å². The highest BCUT2D eigenvalue weighted by atomic mass is 16.2. The fourth-order valence-electron chi connectivity index (χ4n) is 1.50. The van der Waals surface area contributed by atoms with Gasteiger partial charge in [0.25, 0.3) is 0 Å². The van der Waals surface area contributed by atoms with Crippen molar-refractivity contribution in [2.24, 2.45) is 11.1 Å². The molecule has 1 amide bonds. The molecule has 1 aromatic carbocycles. The Bertz CT molecular complexity index is 386. The standard InChI is InChI=1S/C14H22N2O/c1-4-14(2,3)13(17)16-10-12-8-6-5-7-11(12)9-15/h5-8H,4,9-10,15H2,1-3H3,(H,16,17). The lowest BCUT2D eigenvalue weighted by molar-refractivity contribution is -0.129. The highest BCUT2D eigenvalue weighted by molar-refractivity contribution is 5.81. The molecule has 94 valence electrons. The van der Waals surface area contributed by atoms with Crippen LogP contribution >= 0.6 is 0 Å². The molecule has 0 unspecified atom stereocenters. The summed E-state index contributed by atoms with van der Waals surface area (Å²) in [6, 6.07) is 7.92. The molecule has 1 aromatic rings. The number of benzene rings is 1. The summed E-state index contributed by atoms with van der Waals surface area (Å²) in [5.74, 6) is 0.0897. The van der Waals surface area contributed by atoms with Crippen molar-refractivity contribution in [1.29, 1.82) is 0 Å². The topological polar surface area (TPSA) is 55.1 Å². The van der Waals surface area contributed by atoms with Crippen molar-refractivity contribution >= 4 is 5.91 Å². The van der Waals surface area contributed by atoms with Gasteiger partial charge in [0.2, 0.25) is 5.91 Å². The van der Waals surface area contributed by atoms with Crippen LogP contribution in [0.15, 0.2) is 24.3 Å². The van der Waals surface area contributed by atoms with Gasteiger partial charge in [0.05, 0.1) is 0 Å². The molecule has 0 saturated carbocycles. The lowest BCUT2D eigenvalue weighted by Gasteiger charge is -2.21. The minimum absolute atomic E-state index is 0.0897. The van der Waals surface area contributed by atoms with Crippen LogP contribution in [-0.2, 0) is 17.9 Å². The van der Waals surface area contributed by atoms with E-state index in [1.807, 2.05) is 45.0 Å². The lowest BCUT2D eigenvalue weighted by Crippen LogP contribution is -2.36. The Morgan fingerprint density at radius 3 is 2.41 bits per heavy atom. The Balaban J connectivity index is 2.65. The molecule has 0 radical (unpaired) electrons. The van der Waals surface area contributed by atoms with E-state index >= 15 is 0 Å². The maximum absolute atomic E-state index is 11.9. The second-order valence-electron chi connectivity index (χ2n) is 4.89. The van der Waals surface area contributed by atoms with Gasteiger partial charge in [-0.15, -0.1) is 0 Å². The molecular formula is C14H22N2O. The van der Waals surface area contributed by atoms with Crippen molar-refractivity contribution in [3.63, 3.8) is 0 Å². The molecule has 0 spiro atoms. The van der Waals surface area contributed by atoms with Gasteiger partial charge in [-0.3, -0.25) is 4.79 Å². The largest absolute Gasteiger partial charge is 0.352 e. The van der Waals surface area contributed by atoms with Gasteiger partial charge in [-0.05, 0) is 17.5 Å². The van der Waals surface area contributed by atoms with E-state index in [1.165, 1.54) is 0 Å². The third kappa shape index (κ3) is 3.56. The van der Waals surface area contributed by atoms with Crippen LogP contribution in [0.2, 0.25) is 0 Å². The third-order valence-corrected chi connectivity index (χ3v) is 3.28. The number of amides is 1. The monoisotopic (exact) mass is 234 g/mol. The van der Waals surface area contributed by atoms with Crippen LogP contribution in [0.3, 0.4) is 0 Å². The molecule has 0 saturated heterocycles. The SMILES string of the molecule is CCC(C)(C)C(=O)NCc1ccccc1CN. The summed E-state index contributed by atoms with van der Waals surface area (Å²) < 4.78 is 0. The zero-order valence-electron chi connectivity index (χ0n) is 10.9. The van der Waals surface area contributed by atoms with E-state index in [1.54, 1.807) is 0 Å². The fraction of sp³-hybridized carbons (Fsp3) is 0.500. The highest BCUT2D eigenvalue weighted by Gasteiger charge is 2.24. The molecule has 0 fully saturated rings. The first-order valence-corrected chi connectivity index (χ1v) is 6.06. The minimum Gasteiger partial charge on any atom is -0.352 e. The zero-order valence-corrected chi connectivity index (χ0v) is 10.9. The molecule has 0 heterocycles. The zero-order chi connectivity index (χ0) is 12.9. The summed E-state index contributed by atoms with van der Waals surface area (Å²) in [5, 5.41) is 2.97. The molecule has 0 aliphatic heterocycles. The number of hydrogen-bond donors (Lipinski definition) is 2. The Morgan fingerprint density at radius 2 is 1.88 bits per heavy atom. The highest BCUT2D eigenvalue weighted by Crippen LogP contribution is 2.19. The summed E-state index contributed by atoms with van der Waals surface area (Å²) in [5.41, 5.74) is 7.53. The van der Waals surface area contributed by atoms with Crippen LogP contribution < -0.4 is 11.1 Å². The van der Waals surface area contributed by atoms with Gasteiger partial charge < -0.3 is 11.1 Å². The summed E-state index contributed by atoms with van der Waals surface area (Å²) in [6.07, 6.45) is 0.831. The summed E-state index contributed by atoms with van der Waals surface area (Å²) in [4.78, 5) is 11.9. The van der Waals surface area contributed by atoms with Crippen molar-refractivity contribution < 1.29 is 4.79 Å². The van der Waals surface area contributed by atoms with Crippen LogP contribution in [0.25, 0.3) is 0 Å². The predicted molar refractivity (Wildman–Crippen MR) is 70.3 cm³/mol. The molecule has 3 nitrogen and oxygen atoms in total. The van der Waals surface area contributed by atoms with Gasteiger partial charge >= 0.3 is 0 Å². The first-order valence-electron chi connectivity index (χ1n) is 6.06. The van der Waals surface area contributed by atoms with Crippen LogP contribution in [0, 0.1) is 5.41 Å². The van der Waals surface area contributed by atoms with Crippen molar-refractivity contribution in [1.82, 2.24) is 5.32 Å². The van der Waals surface area contributed by atoms with Gasteiger partial charge in [0, 0.05) is 18.5 Å². The molecule has 17 heavy (non-hydrogen) atoms. The van der Waals surface area contributed by atoms with Crippen LogP contribution in [-0.4, -0.2) is 5.91 Å². The predicted octanol–water partition coefficient (Wildman–Crippen LogP) is 2.20. The minimum atomic E-state index is -0.308. The molecule has 1 rings (SSSR count). The van der Waals surface area contributed by atoms with E-state index in [9.17, 15) is 4.79 Å². The molecule has 3 heteroatoms. The number of hydrogen-bond acceptors (Lipinski definition) is 2. The second kappa shape index (κ2) is 5.82. The van der Waals surface area contributed by atoms with Gasteiger partial charge in [-0.2, -0.15) is 0 Å². The molecule has 0 aliphatic carbocycles. The Kier molecular flexibility index (Phi) is 4.70.